The van der Waals surface area contributed by atoms with Crippen molar-refractivity contribution in [3.63, 3.8) is 0 Å². The molecule has 0 aromatic rings. The van der Waals surface area contributed by atoms with Gasteiger partial charge in [0.15, 0.2) is 0 Å². The van der Waals surface area contributed by atoms with Gasteiger partial charge in [0.2, 0.25) is 0 Å². The molecular formula is C16H26O2. The first kappa shape index (κ1) is 11.7. The molecule has 0 aromatic carbocycles. The predicted molar refractivity (Wildman–Crippen MR) is 70.0 cm³/mol. The van der Waals surface area contributed by atoms with Crippen molar-refractivity contribution in [2.75, 3.05) is 0 Å². The zero-order valence-electron chi connectivity index (χ0n) is 12.0. The molecule has 9 atom stereocenters. The van der Waals surface area contributed by atoms with Crippen LogP contribution in [0.4, 0.5) is 0 Å². The number of hydrogen-bond donors (Lipinski definition) is 1. The highest BCUT2D eigenvalue weighted by atomic mass is 16.5. The molecule has 5 fully saturated rings. The first-order valence-electron chi connectivity index (χ1n) is 7.74. The van der Waals surface area contributed by atoms with E-state index in [1.54, 1.807) is 0 Å². The van der Waals surface area contributed by atoms with Crippen molar-refractivity contribution in [2.24, 2.45) is 41.4 Å². The Hall–Kier alpha value is -0.0800. The molecule has 0 heterocycles. The standard InChI is InChI=1S/C16H26O2/c1-7-5-8-11-9(6-10(7)17)13-12(8)14(13)15(11)18-16(2,3)4/h7-15,17H,5-6H2,1-4H3/t7-,8-,9+,10-,11-,12+,13-,14+,15-/m0/s1. The van der Waals surface area contributed by atoms with Gasteiger partial charge in [0.1, 0.15) is 0 Å². The highest BCUT2D eigenvalue weighted by molar-refractivity contribution is 5.26. The second-order valence-electron chi connectivity index (χ2n) is 8.35. The third-order valence-electron chi connectivity index (χ3n) is 6.23. The molecule has 18 heavy (non-hydrogen) atoms. The van der Waals surface area contributed by atoms with Gasteiger partial charge < -0.3 is 9.84 Å². The quantitative estimate of drug-likeness (QED) is 0.775. The lowest BCUT2D eigenvalue weighted by Crippen LogP contribution is -2.32. The Morgan fingerprint density at radius 2 is 1.56 bits per heavy atom. The largest absolute Gasteiger partial charge is 0.393 e. The molecule has 0 spiro atoms. The Labute approximate surface area is 110 Å². The van der Waals surface area contributed by atoms with E-state index < -0.39 is 0 Å². The number of aliphatic hydroxyl groups excluding tert-OH is 1. The smallest absolute Gasteiger partial charge is 0.0649 e. The number of hydrogen-bond acceptors (Lipinski definition) is 2. The summed E-state index contributed by atoms with van der Waals surface area (Å²) < 4.78 is 6.39. The summed E-state index contributed by atoms with van der Waals surface area (Å²) in [7, 11) is 0. The van der Waals surface area contributed by atoms with Crippen LogP contribution in [-0.2, 0) is 4.74 Å². The summed E-state index contributed by atoms with van der Waals surface area (Å²) in [5.74, 6) is 5.63. The van der Waals surface area contributed by atoms with Gasteiger partial charge in [-0.25, -0.2) is 0 Å². The van der Waals surface area contributed by atoms with Crippen molar-refractivity contribution in [1.82, 2.24) is 0 Å². The van der Waals surface area contributed by atoms with Crippen molar-refractivity contribution in [3.05, 3.63) is 0 Å². The summed E-state index contributed by atoms with van der Waals surface area (Å²) >= 11 is 0. The van der Waals surface area contributed by atoms with E-state index in [9.17, 15) is 5.11 Å². The molecule has 102 valence electrons. The summed E-state index contributed by atoms with van der Waals surface area (Å²) in [5.41, 5.74) is -0.0112. The van der Waals surface area contributed by atoms with E-state index in [1.807, 2.05) is 0 Å². The van der Waals surface area contributed by atoms with Crippen LogP contribution in [0.5, 0.6) is 0 Å². The van der Waals surface area contributed by atoms with Crippen LogP contribution in [0.25, 0.3) is 0 Å². The number of ether oxygens (including phenoxy) is 1. The summed E-state index contributed by atoms with van der Waals surface area (Å²) in [6.45, 7) is 8.78. The van der Waals surface area contributed by atoms with Crippen LogP contribution in [0.2, 0.25) is 0 Å². The molecule has 5 aliphatic carbocycles. The summed E-state index contributed by atoms with van der Waals surface area (Å²) in [5, 5.41) is 10.2. The van der Waals surface area contributed by atoms with E-state index in [-0.39, 0.29) is 11.7 Å². The molecule has 0 unspecified atom stereocenters. The third-order valence-corrected chi connectivity index (χ3v) is 6.23. The third kappa shape index (κ3) is 1.37. The van der Waals surface area contributed by atoms with E-state index in [1.165, 1.54) is 6.42 Å². The van der Waals surface area contributed by atoms with E-state index in [0.717, 1.165) is 41.9 Å². The molecule has 0 radical (unpaired) electrons. The highest BCUT2D eigenvalue weighted by Crippen LogP contribution is 2.79. The van der Waals surface area contributed by atoms with Crippen molar-refractivity contribution < 1.29 is 9.84 Å². The topological polar surface area (TPSA) is 29.5 Å². The van der Waals surface area contributed by atoms with Gasteiger partial charge in [-0.3, -0.25) is 0 Å². The van der Waals surface area contributed by atoms with Crippen molar-refractivity contribution >= 4 is 0 Å². The lowest BCUT2D eigenvalue weighted by molar-refractivity contribution is -0.0834. The maximum absolute atomic E-state index is 10.2. The van der Waals surface area contributed by atoms with Gasteiger partial charge in [-0.1, -0.05) is 6.92 Å². The van der Waals surface area contributed by atoms with Gasteiger partial charge in [-0.15, -0.1) is 0 Å². The van der Waals surface area contributed by atoms with Crippen LogP contribution in [0, 0.1) is 41.4 Å². The van der Waals surface area contributed by atoms with Crippen LogP contribution < -0.4 is 0 Å². The Morgan fingerprint density at radius 3 is 2.17 bits per heavy atom. The number of rotatable bonds is 1. The molecule has 5 rings (SSSR count). The molecule has 1 N–H and O–H groups in total. The van der Waals surface area contributed by atoms with E-state index in [4.69, 9.17) is 4.74 Å². The molecule has 0 aromatic heterocycles. The average molecular weight is 250 g/mol. The van der Waals surface area contributed by atoms with E-state index >= 15 is 0 Å². The Kier molecular flexibility index (Phi) is 2.16. The minimum atomic E-state index is -0.0573. The lowest BCUT2D eigenvalue weighted by atomic mass is 9.88. The van der Waals surface area contributed by atoms with Crippen LogP contribution in [-0.4, -0.2) is 22.9 Å². The molecule has 2 heteroatoms. The molecule has 5 saturated carbocycles. The fourth-order valence-corrected chi connectivity index (χ4v) is 5.83. The minimum absolute atomic E-state index is 0.0112. The maximum Gasteiger partial charge on any atom is 0.0649 e. The summed E-state index contributed by atoms with van der Waals surface area (Å²) in [6.07, 6.45) is 2.74. The molecular weight excluding hydrogens is 224 g/mol. The van der Waals surface area contributed by atoms with Crippen molar-refractivity contribution in [3.8, 4) is 0 Å². The van der Waals surface area contributed by atoms with Gasteiger partial charge >= 0.3 is 0 Å². The van der Waals surface area contributed by atoms with Gasteiger partial charge in [0.05, 0.1) is 17.8 Å². The summed E-state index contributed by atoms with van der Waals surface area (Å²) in [6, 6.07) is 0. The van der Waals surface area contributed by atoms with E-state index in [2.05, 4.69) is 27.7 Å². The van der Waals surface area contributed by atoms with Crippen LogP contribution in [0.1, 0.15) is 40.5 Å². The molecule has 5 aliphatic rings. The fourth-order valence-electron chi connectivity index (χ4n) is 5.83. The lowest BCUT2D eigenvalue weighted by Gasteiger charge is -2.30. The minimum Gasteiger partial charge on any atom is -0.393 e. The van der Waals surface area contributed by atoms with Crippen LogP contribution >= 0.6 is 0 Å². The maximum atomic E-state index is 10.2. The van der Waals surface area contributed by atoms with Crippen LogP contribution in [0.3, 0.4) is 0 Å². The molecule has 0 aliphatic heterocycles. The normalized spacial score (nSPS) is 60.8. The molecule has 0 amide bonds. The van der Waals surface area contributed by atoms with Crippen LogP contribution in [0.15, 0.2) is 0 Å². The molecule has 0 saturated heterocycles. The zero-order valence-corrected chi connectivity index (χ0v) is 12.0. The monoisotopic (exact) mass is 250 g/mol. The van der Waals surface area contributed by atoms with Crippen molar-refractivity contribution in [2.45, 2.75) is 58.3 Å². The highest BCUT2D eigenvalue weighted by Gasteiger charge is 2.78. The first-order chi connectivity index (χ1) is 8.38. The van der Waals surface area contributed by atoms with Gasteiger partial charge in [-0.05, 0) is 75.0 Å². The average Bonchev–Trinajstić information content (AvgIpc) is 2.71. The molecule has 6 bridgehead atoms. The summed E-state index contributed by atoms with van der Waals surface area (Å²) in [4.78, 5) is 0. The van der Waals surface area contributed by atoms with Gasteiger partial charge in [0, 0.05) is 0 Å². The second-order valence-corrected chi connectivity index (χ2v) is 8.35. The molecule has 2 nitrogen and oxygen atoms in total. The predicted octanol–water partition coefficient (Wildman–Crippen LogP) is 2.70. The Bertz CT molecular complexity index is 348. The number of aliphatic hydroxyl groups is 1. The fraction of sp³-hybridized carbons (Fsp3) is 1.00. The Morgan fingerprint density at radius 1 is 0.944 bits per heavy atom. The SMILES string of the molecule is C[C@H]1C[C@H]2[C@H]3[C@@H](C[C@@H]1O)[C@H]1[C@@H]2[C@H]1[C@H]3OC(C)(C)C. The zero-order chi connectivity index (χ0) is 12.8. The van der Waals surface area contributed by atoms with Gasteiger partial charge in [-0.2, -0.15) is 0 Å². The van der Waals surface area contributed by atoms with Crippen molar-refractivity contribution in [1.29, 1.82) is 0 Å². The second kappa shape index (κ2) is 3.32. The first-order valence-corrected chi connectivity index (χ1v) is 7.74. The van der Waals surface area contributed by atoms with E-state index in [0.29, 0.717) is 12.0 Å². The van der Waals surface area contributed by atoms with Gasteiger partial charge in [0.25, 0.3) is 0 Å². The Balaban J connectivity index is 1.61.